The van der Waals surface area contributed by atoms with E-state index in [1.165, 1.54) is 0 Å². The van der Waals surface area contributed by atoms with Crippen molar-refractivity contribution in [3.63, 3.8) is 0 Å². The molecule has 0 spiro atoms. The van der Waals surface area contributed by atoms with Crippen LogP contribution in [0.1, 0.15) is 47.0 Å². The van der Waals surface area contributed by atoms with Crippen molar-refractivity contribution in [1.82, 2.24) is 5.32 Å². The Hall–Kier alpha value is -0.570. The number of nitrogens with two attached hydrogens (primary N) is 1. The highest BCUT2D eigenvalue weighted by Crippen LogP contribution is 2.44. The minimum atomic E-state index is -0.214. The van der Waals surface area contributed by atoms with E-state index in [1.54, 1.807) is 0 Å². The molecule has 94 valence electrons. The molecule has 1 rings (SSSR count). The van der Waals surface area contributed by atoms with E-state index in [4.69, 9.17) is 5.73 Å². The molecule has 0 aromatic heterocycles. The maximum absolute atomic E-state index is 11.9. The molecule has 1 saturated carbocycles. The first-order valence-electron chi connectivity index (χ1n) is 6.30. The van der Waals surface area contributed by atoms with Gasteiger partial charge in [0.1, 0.15) is 0 Å². The van der Waals surface area contributed by atoms with Gasteiger partial charge in [-0.15, -0.1) is 0 Å². The van der Waals surface area contributed by atoms with Crippen LogP contribution in [0.25, 0.3) is 0 Å². The third-order valence-corrected chi connectivity index (χ3v) is 3.41. The van der Waals surface area contributed by atoms with E-state index in [2.05, 4.69) is 33.0 Å². The molecule has 1 aliphatic rings. The Morgan fingerprint density at radius 2 is 2.00 bits per heavy atom. The first-order chi connectivity index (χ1) is 7.31. The van der Waals surface area contributed by atoms with Crippen molar-refractivity contribution in [1.29, 1.82) is 0 Å². The highest BCUT2D eigenvalue weighted by atomic mass is 16.2. The van der Waals surface area contributed by atoms with E-state index < -0.39 is 0 Å². The standard InChI is InChI=1S/C13H26N2O/c1-10(2)7-12(3,4)9-15-11(16)13(8-14)5-6-13/h10H,5-9,14H2,1-4H3,(H,15,16). The Morgan fingerprint density at radius 1 is 1.44 bits per heavy atom. The lowest BCUT2D eigenvalue weighted by molar-refractivity contribution is -0.126. The smallest absolute Gasteiger partial charge is 0.227 e. The van der Waals surface area contributed by atoms with Crippen molar-refractivity contribution < 1.29 is 4.79 Å². The lowest BCUT2D eigenvalue weighted by Gasteiger charge is -2.28. The van der Waals surface area contributed by atoms with Crippen LogP contribution in [0.5, 0.6) is 0 Å². The van der Waals surface area contributed by atoms with Crippen LogP contribution in [0.3, 0.4) is 0 Å². The van der Waals surface area contributed by atoms with Gasteiger partial charge in [-0.25, -0.2) is 0 Å². The minimum absolute atomic E-state index is 0.159. The van der Waals surface area contributed by atoms with Crippen LogP contribution in [0.15, 0.2) is 0 Å². The van der Waals surface area contributed by atoms with Gasteiger partial charge in [-0.2, -0.15) is 0 Å². The summed E-state index contributed by atoms with van der Waals surface area (Å²) >= 11 is 0. The van der Waals surface area contributed by atoms with Gasteiger partial charge in [0.25, 0.3) is 0 Å². The Kier molecular flexibility index (Phi) is 4.00. The molecule has 1 aliphatic carbocycles. The fraction of sp³-hybridized carbons (Fsp3) is 0.923. The predicted molar refractivity (Wildman–Crippen MR) is 67.0 cm³/mol. The average molecular weight is 226 g/mol. The average Bonchev–Trinajstić information content (AvgIpc) is 2.93. The second-order valence-corrected chi connectivity index (χ2v) is 6.43. The van der Waals surface area contributed by atoms with Crippen LogP contribution in [-0.2, 0) is 4.79 Å². The van der Waals surface area contributed by atoms with Crippen molar-refractivity contribution in [2.24, 2.45) is 22.5 Å². The van der Waals surface area contributed by atoms with E-state index in [0.29, 0.717) is 12.5 Å². The normalized spacial score (nSPS) is 18.6. The molecule has 3 N–H and O–H groups in total. The quantitative estimate of drug-likeness (QED) is 0.727. The number of nitrogens with one attached hydrogen (secondary N) is 1. The van der Waals surface area contributed by atoms with Gasteiger partial charge >= 0.3 is 0 Å². The first kappa shape index (κ1) is 13.5. The van der Waals surface area contributed by atoms with E-state index in [0.717, 1.165) is 25.8 Å². The van der Waals surface area contributed by atoms with Gasteiger partial charge < -0.3 is 11.1 Å². The highest BCUT2D eigenvalue weighted by molar-refractivity contribution is 5.85. The summed E-state index contributed by atoms with van der Waals surface area (Å²) in [6, 6.07) is 0. The molecule has 3 heteroatoms. The molecule has 0 atom stereocenters. The summed E-state index contributed by atoms with van der Waals surface area (Å²) in [4.78, 5) is 11.9. The Labute approximate surface area is 99.2 Å². The van der Waals surface area contributed by atoms with Crippen LogP contribution >= 0.6 is 0 Å². The van der Waals surface area contributed by atoms with E-state index >= 15 is 0 Å². The number of carbonyl (C=O) groups is 1. The SMILES string of the molecule is CC(C)CC(C)(C)CNC(=O)C1(CN)CC1. The van der Waals surface area contributed by atoms with Crippen LogP contribution in [-0.4, -0.2) is 19.0 Å². The first-order valence-corrected chi connectivity index (χ1v) is 6.30. The molecule has 1 amide bonds. The molecule has 0 aliphatic heterocycles. The van der Waals surface area contributed by atoms with Gasteiger partial charge in [0.15, 0.2) is 0 Å². The van der Waals surface area contributed by atoms with Crippen molar-refractivity contribution >= 4 is 5.91 Å². The van der Waals surface area contributed by atoms with Gasteiger partial charge in [-0.3, -0.25) is 4.79 Å². The molecular weight excluding hydrogens is 200 g/mol. The molecule has 1 fully saturated rings. The van der Waals surface area contributed by atoms with E-state index in [-0.39, 0.29) is 16.7 Å². The predicted octanol–water partition coefficient (Wildman–Crippen LogP) is 1.91. The summed E-state index contributed by atoms with van der Waals surface area (Å²) in [5.41, 5.74) is 5.59. The molecule has 0 radical (unpaired) electrons. The summed E-state index contributed by atoms with van der Waals surface area (Å²) in [5, 5.41) is 3.06. The number of carbonyl (C=O) groups excluding carboxylic acids is 1. The second-order valence-electron chi connectivity index (χ2n) is 6.43. The summed E-state index contributed by atoms with van der Waals surface area (Å²) in [6.07, 6.45) is 3.04. The van der Waals surface area contributed by atoms with Crippen molar-refractivity contribution in [3.8, 4) is 0 Å². The highest BCUT2D eigenvalue weighted by Gasteiger charge is 2.48. The second kappa shape index (κ2) is 4.74. The lowest BCUT2D eigenvalue weighted by atomic mass is 9.84. The molecule has 3 nitrogen and oxygen atoms in total. The van der Waals surface area contributed by atoms with Gasteiger partial charge in [-0.1, -0.05) is 27.7 Å². The number of hydrogen-bond acceptors (Lipinski definition) is 2. The molecule has 0 unspecified atom stereocenters. The Balaban J connectivity index is 2.36. The molecule has 0 bridgehead atoms. The van der Waals surface area contributed by atoms with Crippen molar-refractivity contribution in [2.75, 3.05) is 13.1 Å². The number of rotatable bonds is 6. The maximum Gasteiger partial charge on any atom is 0.227 e. The third kappa shape index (κ3) is 3.48. The zero-order chi connectivity index (χ0) is 12.4. The van der Waals surface area contributed by atoms with Crippen LogP contribution in [0.2, 0.25) is 0 Å². The largest absolute Gasteiger partial charge is 0.355 e. The minimum Gasteiger partial charge on any atom is -0.355 e. The number of hydrogen-bond donors (Lipinski definition) is 2. The van der Waals surface area contributed by atoms with Gasteiger partial charge in [-0.05, 0) is 30.6 Å². The zero-order valence-electron chi connectivity index (χ0n) is 11.1. The topological polar surface area (TPSA) is 55.1 Å². The Morgan fingerprint density at radius 3 is 2.38 bits per heavy atom. The van der Waals surface area contributed by atoms with E-state index in [9.17, 15) is 4.79 Å². The van der Waals surface area contributed by atoms with Gasteiger partial charge in [0.05, 0.1) is 5.41 Å². The third-order valence-electron chi connectivity index (χ3n) is 3.41. The fourth-order valence-electron chi connectivity index (χ4n) is 2.36. The monoisotopic (exact) mass is 226 g/mol. The van der Waals surface area contributed by atoms with Gasteiger partial charge in [0.2, 0.25) is 5.91 Å². The summed E-state index contributed by atoms with van der Waals surface area (Å²) < 4.78 is 0. The fourth-order valence-corrected chi connectivity index (χ4v) is 2.36. The van der Waals surface area contributed by atoms with Crippen molar-refractivity contribution in [3.05, 3.63) is 0 Å². The zero-order valence-corrected chi connectivity index (χ0v) is 11.1. The van der Waals surface area contributed by atoms with Crippen LogP contribution in [0, 0.1) is 16.7 Å². The lowest BCUT2D eigenvalue weighted by Crippen LogP contribution is -2.41. The van der Waals surface area contributed by atoms with Gasteiger partial charge in [0, 0.05) is 13.1 Å². The maximum atomic E-state index is 11.9. The molecule has 0 heterocycles. The molecule has 0 aromatic rings. The van der Waals surface area contributed by atoms with Crippen LogP contribution in [0.4, 0.5) is 0 Å². The van der Waals surface area contributed by atoms with E-state index in [1.807, 2.05) is 0 Å². The Bertz CT molecular complexity index is 255. The van der Waals surface area contributed by atoms with Crippen LogP contribution < -0.4 is 11.1 Å². The summed E-state index contributed by atoms with van der Waals surface area (Å²) in [7, 11) is 0. The molecule has 0 saturated heterocycles. The molecule has 0 aromatic carbocycles. The summed E-state index contributed by atoms with van der Waals surface area (Å²) in [5.74, 6) is 0.822. The molecular formula is C13H26N2O. The summed E-state index contributed by atoms with van der Waals surface area (Å²) in [6.45, 7) is 10.1. The van der Waals surface area contributed by atoms with Crippen molar-refractivity contribution in [2.45, 2.75) is 47.0 Å². The number of amides is 1. The molecule has 16 heavy (non-hydrogen) atoms.